The SMILES string of the molecule is Cc1noc(C)c1CCN(C)C(=O)c1nc(C(C)C)oc1C. The van der Waals surface area contributed by atoms with E-state index in [0.717, 1.165) is 17.0 Å². The van der Waals surface area contributed by atoms with Crippen LogP contribution in [0.25, 0.3) is 0 Å². The first-order valence-electron chi connectivity index (χ1n) is 7.45. The molecule has 0 aliphatic carbocycles. The van der Waals surface area contributed by atoms with Crippen LogP contribution in [0.4, 0.5) is 0 Å². The Labute approximate surface area is 130 Å². The van der Waals surface area contributed by atoms with Gasteiger partial charge in [-0.2, -0.15) is 0 Å². The standard InChI is InChI=1S/C16H23N3O3/c1-9(2)15-17-14(12(5)21-15)16(20)19(6)8-7-13-10(3)18-22-11(13)4/h9H,7-8H2,1-6H3. The second-order valence-corrected chi connectivity index (χ2v) is 5.89. The molecule has 2 heterocycles. The monoisotopic (exact) mass is 305 g/mol. The molecule has 0 bridgehead atoms. The van der Waals surface area contributed by atoms with E-state index in [9.17, 15) is 4.79 Å². The van der Waals surface area contributed by atoms with E-state index in [2.05, 4.69) is 10.1 Å². The van der Waals surface area contributed by atoms with E-state index in [1.807, 2.05) is 27.7 Å². The maximum absolute atomic E-state index is 12.5. The number of hydrogen-bond acceptors (Lipinski definition) is 5. The molecule has 120 valence electrons. The minimum Gasteiger partial charge on any atom is -0.445 e. The van der Waals surface area contributed by atoms with Crippen molar-refractivity contribution in [2.45, 2.75) is 47.0 Å². The number of rotatable bonds is 5. The van der Waals surface area contributed by atoms with E-state index in [0.29, 0.717) is 30.3 Å². The first kappa shape index (κ1) is 16.3. The summed E-state index contributed by atoms with van der Waals surface area (Å²) in [7, 11) is 1.77. The Morgan fingerprint density at radius 1 is 1.23 bits per heavy atom. The van der Waals surface area contributed by atoms with Crippen LogP contribution in [0.1, 0.15) is 58.9 Å². The second-order valence-electron chi connectivity index (χ2n) is 5.89. The van der Waals surface area contributed by atoms with Crippen LogP contribution in [-0.4, -0.2) is 34.5 Å². The smallest absolute Gasteiger partial charge is 0.275 e. The maximum atomic E-state index is 12.5. The van der Waals surface area contributed by atoms with Crippen molar-refractivity contribution in [3.05, 3.63) is 34.4 Å². The van der Waals surface area contributed by atoms with Crippen molar-refractivity contribution in [3.8, 4) is 0 Å². The van der Waals surface area contributed by atoms with Gasteiger partial charge in [-0.25, -0.2) is 4.98 Å². The fourth-order valence-electron chi connectivity index (χ4n) is 2.28. The van der Waals surface area contributed by atoms with E-state index >= 15 is 0 Å². The van der Waals surface area contributed by atoms with Gasteiger partial charge in [0.2, 0.25) is 0 Å². The molecule has 0 aromatic carbocycles. The first-order chi connectivity index (χ1) is 10.3. The van der Waals surface area contributed by atoms with Crippen molar-refractivity contribution >= 4 is 5.91 Å². The molecule has 2 aromatic heterocycles. The van der Waals surface area contributed by atoms with Gasteiger partial charge < -0.3 is 13.8 Å². The van der Waals surface area contributed by atoms with E-state index in [1.165, 1.54) is 0 Å². The molecule has 0 saturated carbocycles. The molecule has 0 aliphatic heterocycles. The molecule has 2 rings (SSSR count). The summed E-state index contributed by atoms with van der Waals surface area (Å²) in [6.45, 7) is 10.1. The maximum Gasteiger partial charge on any atom is 0.275 e. The van der Waals surface area contributed by atoms with Crippen molar-refractivity contribution in [3.63, 3.8) is 0 Å². The van der Waals surface area contributed by atoms with Gasteiger partial charge in [-0.3, -0.25) is 4.79 Å². The van der Waals surface area contributed by atoms with Crippen LogP contribution in [-0.2, 0) is 6.42 Å². The largest absolute Gasteiger partial charge is 0.445 e. The molecule has 0 unspecified atom stereocenters. The fraction of sp³-hybridized carbons (Fsp3) is 0.562. The third-order valence-corrected chi connectivity index (χ3v) is 3.73. The van der Waals surface area contributed by atoms with E-state index in [4.69, 9.17) is 8.94 Å². The lowest BCUT2D eigenvalue weighted by Gasteiger charge is -2.15. The van der Waals surface area contributed by atoms with Gasteiger partial charge in [-0.15, -0.1) is 0 Å². The predicted molar refractivity (Wildman–Crippen MR) is 82.0 cm³/mol. The number of likely N-dealkylation sites (N-methyl/N-ethyl adjacent to an activating group) is 1. The number of aromatic nitrogens is 2. The van der Waals surface area contributed by atoms with Crippen LogP contribution in [0.15, 0.2) is 8.94 Å². The van der Waals surface area contributed by atoms with E-state index < -0.39 is 0 Å². The van der Waals surface area contributed by atoms with Gasteiger partial charge in [-0.1, -0.05) is 19.0 Å². The zero-order valence-electron chi connectivity index (χ0n) is 14.1. The van der Waals surface area contributed by atoms with Gasteiger partial charge in [0.25, 0.3) is 5.91 Å². The Kier molecular flexibility index (Phi) is 4.68. The number of carbonyl (C=O) groups is 1. The van der Waals surface area contributed by atoms with Gasteiger partial charge in [0.1, 0.15) is 11.5 Å². The molecule has 2 aromatic rings. The number of oxazole rings is 1. The topological polar surface area (TPSA) is 72.4 Å². The zero-order chi connectivity index (χ0) is 16.4. The lowest BCUT2D eigenvalue weighted by atomic mass is 10.1. The lowest BCUT2D eigenvalue weighted by molar-refractivity contribution is 0.0789. The molecule has 0 atom stereocenters. The fourth-order valence-corrected chi connectivity index (χ4v) is 2.28. The van der Waals surface area contributed by atoms with Gasteiger partial charge >= 0.3 is 0 Å². The van der Waals surface area contributed by atoms with Gasteiger partial charge in [0.15, 0.2) is 11.6 Å². The average Bonchev–Trinajstić information content (AvgIpc) is 2.99. The van der Waals surface area contributed by atoms with Crippen LogP contribution in [0.2, 0.25) is 0 Å². The van der Waals surface area contributed by atoms with Crippen LogP contribution in [0.3, 0.4) is 0 Å². The molecule has 0 spiro atoms. The molecule has 0 saturated heterocycles. The third kappa shape index (κ3) is 3.21. The minimum absolute atomic E-state index is 0.125. The van der Waals surface area contributed by atoms with E-state index in [1.54, 1.807) is 18.9 Å². The van der Waals surface area contributed by atoms with Crippen molar-refractivity contribution in [1.29, 1.82) is 0 Å². The summed E-state index contributed by atoms with van der Waals surface area (Å²) in [5.74, 6) is 2.00. The third-order valence-electron chi connectivity index (χ3n) is 3.73. The van der Waals surface area contributed by atoms with Crippen molar-refractivity contribution < 1.29 is 13.7 Å². The number of carbonyl (C=O) groups excluding carboxylic acids is 1. The molecule has 0 fully saturated rings. The van der Waals surface area contributed by atoms with Gasteiger partial charge in [-0.05, 0) is 27.2 Å². The highest BCUT2D eigenvalue weighted by Crippen LogP contribution is 2.19. The Morgan fingerprint density at radius 2 is 1.91 bits per heavy atom. The Morgan fingerprint density at radius 3 is 2.41 bits per heavy atom. The number of nitrogens with zero attached hydrogens (tertiary/aromatic N) is 3. The van der Waals surface area contributed by atoms with E-state index in [-0.39, 0.29) is 11.8 Å². The van der Waals surface area contributed by atoms with Crippen LogP contribution in [0.5, 0.6) is 0 Å². The number of hydrogen-bond donors (Lipinski definition) is 0. The molecule has 0 aliphatic rings. The summed E-state index contributed by atoms with van der Waals surface area (Å²) in [6, 6.07) is 0. The second kappa shape index (κ2) is 6.34. The highest BCUT2D eigenvalue weighted by atomic mass is 16.5. The first-order valence-corrected chi connectivity index (χ1v) is 7.45. The number of amides is 1. The lowest BCUT2D eigenvalue weighted by Crippen LogP contribution is -2.29. The Hall–Kier alpha value is -2.11. The van der Waals surface area contributed by atoms with Gasteiger partial charge in [0, 0.05) is 25.1 Å². The molecule has 0 N–H and O–H groups in total. The summed E-state index contributed by atoms with van der Waals surface area (Å²) in [5, 5.41) is 3.93. The summed E-state index contributed by atoms with van der Waals surface area (Å²) in [6.07, 6.45) is 0.706. The van der Waals surface area contributed by atoms with Crippen molar-refractivity contribution in [1.82, 2.24) is 15.0 Å². The summed E-state index contributed by atoms with van der Waals surface area (Å²) in [5.41, 5.74) is 2.32. The molecule has 0 radical (unpaired) electrons. The Balaban J connectivity index is 2.06. The molecule has 22 heavy (non-hydrogen) atoms. The van der Waals surface area contributed by atoms with Crippen LogP contribution < -0.4 is 0 Å². The summed E-state index contributed by atoms with van der Waals surface area (Å²) < 4.78 is 10.7. The zero-order valence-corrected chi connectivity index (χ0v) is 14.1. The molecule has 6 nitrogen and oxygen atoms in total. The van der Waals surface area contributed by atoms with Gasteiger partial charge in [0.05, 0.1) is 5.69 Å². The van der Waals surface area contributed by atoms with Crippen molar-refractivity contribution in [2.24, 2.45) is 0 Å². The normalized spacial score (nSPS) is 11.2. The molecule has 6 heteroatoms. The molecule has 1 amide bonds. The number of aryl methyl sites for hydroxylation is 3. The quantitative estimate of drug-likeness (QED) is 0.849. The van der Waals surface area contributed by atoms with Crippen molar-refractivity contribution in [2.75, 3.05) is 13.6 Å². The Bertz CT molecular complexity index is 651. The average molecular weight is 305 g/mol. The molecular formula is C16H23N3O3. The summed E-state index contributed by atoms with van der Waals surface area (Å²) >= 11 is 0. The minimum atomic E-state index is -0.125. The summed E-state index contributed by atoms with van der Waals surface area (Å²) in [4.78, 5) is 18.5. The van der Waals surface area contributed by atoms with Crippen LogP contribution >= 0.6 is 0 Å². The highest BCUT2D eigenvalue weighted by molar-refractivity contribution is 5.93. The van der Waals surface area contributed by atoms with Crippen LogP contribution in [0, 0.1) is 20.8 Å². The highest BCUT2D eigenvalue weighted by Gasteiger charge is 2.22. The predicted octanol–water partition coefficient (Wildman–Crippen LogP) is 3.03. The molecular weight excluding hydrogens is 282 g/mol.